The lowest BCUT2D eigenvalue weighted by Gasteiger charge is -2.08. The number of aryl methyl sites for hydroxylation is 1. The minimum atomic E-state index is -1.71. The van der Waals surface area contributed by atoms with Gasteiger partial charge in [0.25, 0.3) is 0 Å². The summed E-state index contributed by atoms with van der Waals surface area (Å²) in [6.07, 6.45) is 0. The molecule has 2 aromatic rings. The van der Waals surface area contributed by atoms with Crippen LogP contribution in [0.5, 0.6) is 0 Å². The van der Waals surface area contributed by atoms with Crippen LogP contribution in [0.2, 0.25) is 0 Å². The van der Waals surface area contributed by atoms with Crippen molar-refractivity contribution in [1.29, 1.82) is 0 Å². The third-order valence-electron chi connectivity index (χ3n) is 2.60. The van der Waals surface area contributed by atoms with E-state index in [1.165, 1.54) is 13.0 Å². The van der Waals surface area contributed by atoms with Gasteiger partial charge in [0.15, 0.2) is 29.1 Å². The molecule has 0 bridgehead atoms. The Hall–Kier alpha value is -1.91. The van der Waals surface area contributed by atoms with Crippen LogP contribution in [0, 0.1) is 36.0 Å². The lowest BCUT2D eigenvalue weighted by atomic mass is 10.0. The molecule has 0 saturated heterocycles. The summed E-state index contributed by atoms with van der Waals surface area (Å²) < 4.78 is 66.1. The maximum Gasteiger partial charge on any atom is 0.195 e. The fraction of sp³-hybridized carbons (Fsp3) is 0.0769. The van der Waals surface area contributed by atoms with E-state index in [4.69, 9.17) is 0 Å². The van der Waals surface area contributed by atoms with Gasteiger partial charge in [0.2, 0.25) is 0 Å². The quantitative estimate of drug-likeness (QED) is 0.526. The highest BCUT2D eigenvalue weighted by Gasteiger charge is 2.19. The average molecular weight is 258 g/mol. The Balaban J connectivity index is 2.71. The molecule has 94 valence electrons. The van der Waals surface area contributed by atoms with Crippen LogP contribution in [-0.2, 0) is 0 Å². The number of halogens is 5. The summed E-state index contributed by atoms with van der Waals surface area (Å²) >= 11 is 0. The summed E-state index contributed by atoms with van der Waals surface area (Å²) in [4.78, 5) is 0. The summed E-state index contributed by atoms with van der Waals surface area (Å²) in [7, 11) is 0. The van der Waals surface area contributed by atoms with Crippen molar-refractivity contribution < 1.29 is 22.0 Å². The van der Waals surface area contributed by atoms with Gasteiger partial charge in [0, 0.05) is 11.1 Å². The van der Waals surface area contributed by atoms with E-state index in [0.29, 0.717) is 6.07 Å². The van der Waals surface area contributed by atoms with Crippen LogP contribution in [-0.4, -0.2) is 0 Å². The minimum Gasteiger partial charge on any atom is -0.204 e. The van der Waals surface area contributed by atoms with Crippen molar-refractivity contribution >= 4 is 0 Å². The van der Waals surface area contributed by atoms with Crippen LogP contribution in [0.25, 0.3) is 11.1 Å². The maximum atomic E-state index is 13.6. The third-order valence-corrected chi connectivity index (χ3v) is 2.60. The van der Waals surface area contributed by atoms with Gasteiger partial charge in [-0.2, -0.15) is 0 Å². The molecule has 5 heteroatoms. The van der Waals surface area contributed by atoms with Crippen molar-refractivity contribution in [3.8, 4) is 11.1 Å². The Morgan fingerprint density at radius 2 is 1.11 bits per heavy atom. The largest absolute Gasteiger partial charge is 0.204 e. The number of hydrogen-bond acceptors (Lipinski definition) is 0. The second-order valence-electron chi connectivity index (χ2n) is 3.78. The van der Waals surface area contributed by atoms with Gasteiger partial charge in [-0.15, -0.1) is 0 Å². The Bertz CT molecular complexity index is 564. The molecule has 0 nitrogen and oxygen atoms in total. The third kappa shape index (κ3) is 1.85. The SMILES string of the molecule is Cc1ccc(-c2ccc(F)c(F)c2F)c(F)c1F. The minimum absolute atomic E-state index is 0.0410. The summed E-state index contributed by atoms with van der Waals surface area (Å²) in [5.41, 5.74) is -0.931. The molecule has 0 heterocycles. The highest BCUT2D eigenvalue weighted by atomic mass is 19.2. The van der Waals surface area contributed by atoms with Gasteiger partial charge in [0.05, 0.1) is 0 Å². The Morgan fingerprint density at radius 3 is 1.72 bits per heavy atom. The van der Waals surface area contributed by atoms with Gasteiger partial charge in [-0.05, 0) is 24.6 Å². The molecule has 0 aliphatic heterocycles. The number of rotatable bonds is 1. The van der Waals surface area contributed by atoms with Crippen LogP contribution in [0.15, 0.2) is 24.3 Å². The molecule has 0 N–H and O–H groups in total. The molecule has 0 aliphatic rings. The number of benzene rings is 2. The van der Waals surface area contributed by atoms with E-state index in [-0.39, 0.29) is 5.56 Å². The number of hydrogen-bond donors (Lipinski definition) is 0. The first-order chi connectivity index (χ1) is 8.43. The first-order valence-corrected chi connectivity index (χ1v) is 5.02. The van der Waals surface area contributed by atoms with Gasteiger partial charge in [-0.3, -0.25) is 0 Å². The zero-order valence-electron chi connectivity index (χ0n) is 9.20. The van der Waals surface area contributed by atoms with E-state index in [1.807, 2.05) is 0 Å². The van der Waals surface area contributed by atoms with E-state index in [1.54, 1.807) is 0 Å². The smallest absolute Gasteiger partial charge is 0.195 e. The van der Waals surface area contributed by atoms with Crippen molar-refractivity contribution in [2.45, 2.75) is 6.92 Å². The topological polar surface area (TPSA) is 0 Å². The summed E-state index contributed by atoms with van der Waals surface area (Å²) in [5, 5.41) is 0. The van der Waals surface area contributed by atoms with Crippen molar-refractivity contribution in [2.24, 2.45) is 0 Å². The van der Waals surface area contributed by atoms with Crippen LogP contribution in [0.1, 0.15) is 5.56 Å². The van der Waals surface area contributed by atoms with E-state index in [0.717, 1.165) is 12.1 Å². The second-order valence-corrected chi connectivity index (χ2v) is 3.78. The zero-order valence-corrected chi connectivity index (χ0v) is 9.20. The molecule has 0 amide bonds. The molecule has 0 aliphatic carbocycles. The molecule has 0 saturated carbocycles. The first-order valence-electron chi connectivity index (χ1n) is 5.02. The summed E-state index contributed by atoms with van der Waals surface area (Å²) in [6.45, 7) is 1.34. The summed E-state index contributed by atoms with van der Waals surface area (Å²) in [5.74, 6) is -7.08. The van der Waals surface area contributed by atoms with Crippen molar-refractivity contribution in [3.05, 3.63) is 58.9 Å². The Morgan fingerprint density at radius 1 is 0.611 bits per heavy atom. The molecule has 0 unspecified atom stereocenters. The van der Waals surface area contributed by atoms with Crippen LogP contribution >= 0.6 is 0 Å². The molecule has 0 spiro atoms. The highest BCUT2D eigenvalue weighted by Crippen LogP contribution is 2.30. The first kappa shape index (κ1) is 12.5. The highest BCUT2D eigenvalue weighted by molar-refractivity contribution is 5.65. The van der Waals surface area contributed by atoms with Crippen molar-refractivity contribution in [3.63, 3.8) is 0 Å². The predicted molar refractivity (Wildman–Crippen MR) is 56.4 cm³/mol. The molecule has 0 fully saturated rings. The lowest BCUT2D eigenvalue weighted by molar-refractivity contribution is 0.448. The molecular formula is C13H7F5. The van der Waals surface area contributed by atoms with Crippen molar-refractivity contribution in [2.75, 3.05) is 0 Å². The molecule has 2 rings (SSSR count). The van der Waals surface area contributed by atoms with E-state index in [2.05, 4.69) is 0 Å². The van der Waals surface area contributed by atoms with Crippen molar-refractivity contribution in [1.82, 2.24) is 0 Å². The molecular weight excluding hydrogens is 251 g/mol. The van der Waals surface area contributed by atoms with Gasteiger partial charge < -0.3 is 0 Å². The second kappa shape index (κ2) is 4.40. The van der Waals surface area contributed by atoms with Gasteiger partial charge in [-0.25, -0.2) is 22.0 Å². The summed E-state index contributed by atoms with van der Waals surface area (Å²) in [6, 6.07) is 3.86. The van der Waals surface area contributed by atoms with Crippen LogP contribution in [0.4, 0.5) is 22.0 Å². The van der Waals surface area contributed by atoms with Gasteiger partial charge in [-0.1, -0.05) is 12.1 Å². The van der Waals surface area contributed by atoms with Crippen LogP contribution in [0.3, 0.4) is 0 Å². The molecule has 0 radical (unpaired) electrons. The lowest BCUT2D eigenvalue weighted by Crippen LogP contribution is -1.98. The fourth-order valence-corrected chi connectivity index (χ4v) is 1.59. The standard InChI is InChI=1S/C13H7F5/c1-6-2-3-7(11(16)10(6)15)8-4-5-9(14)13(18)12(8)17/h2-5H,1H3. The Labute approximate surface area is 99.7 Å². The fourth-order valence-electron chi connectivity index (χ4n) is 1.59. The maximum absolute atomic E-state index is 13.6. The average Bonchev–Trinajstić information content (AvgIpc) is 2.35. The van der Waals surface area contributed by atoms with Gasteiger partial charge >= 0.3 is 0 Å². The molecule has 0 atom stereocenters. The normalized spacial score (nSPS) is 10.8. The molecule has 0 aromatic heterocycles. The monoisotopic (exact) mass is 258 g/mol. The predicted octanol–water partition coefficient (Wildman–Crippen LogP) is 4.36. The zero-order chi connectivity index (χ0) is 13.4. The van der Waals surface area contributed by atoms with E-state index < -0.39 is 40.2 Å². The Kier molecular flexibility index (Phi) is 3.07. The van der Waals surface area contributed by atoms with Crippen LogP contribution < -0.4 is 0 Å². The van der Waals surface area contributed by atoms with E-state index >= 15 is 0 Å². The van der Waals surface area contributed by atoms with E-state index in [9.17, 15) is 22.0 Å². The molecule has 18 heavy (non-hydrogen) atoms. The molecule has 2 aromatic carbocycles. The van der Waals surface area contributed by atoms with Gasteiger partial charge in [0.1, 0.15) is 0 Å².